The monoisotopic (exact) mass is 422 g/mol. The maximum absolute atomic E-state index is 5.98. The van der Waals surface area contributed by atoms with Crippen LogP contribution in [0.25, 0.3) is 10.6 Å². The van der Waals surface area contributed by atoms with Crippen LogP contribution in [-0.2, 0) is 12.8 Å². The molecule has 148 valence electrons. The quantitative estimate of drug-likeness (QED) is 0.359. The minimum atomic E-state index is -0.184. The molecule has 1 atom stereocenters. The molecule has 0 radical (unpaired) electrons. The molecule has 0 bridgehead atoms. The van der Waals surface area contributed by atoms with Crippen LogP contribution in [0.15, 0.2) is 65.1 Å². The van der Waals surface area contributed by atoms with Gasteiger partial charge in [-0.2, -0.15) is 0 Å². The highest BCUT2D eigenvalue weighted by molar-refractivity contribution is 7.98. The second-order valence-electron chi connectivity index (χ2n) is 6.72. The fraction of sp³-hybridized carbons (Fsp3) is 0.227. The molecule has 0 aliphatic heterocycles. The number of thioether (sulfide) groups is 1. The lowest BCUT2D eigenvalue weighted by molar-refractivity contribution is 0.211. The SMILES string of the molecule is Cc1ccccc1-c1nc(CSc2nnc(C(C)Oc3ccccc3)n2C)cs1. The van der Waals surface area contributed by atoms with E-state index in [0.717, 1.165) is 33.2 Å². The lowest BCUT2D eigenvalue weighted by atomic mass is 10.1. The van der Waals surface area contributed by atoms with E-state index in [-0.39, 0.29) is 6.10 Å². The Hall–Kier alpha value is -2.64. The van der Waals surface area contributed by atoms with Crippen molar-refractivity contribution in [2.24, 2.45) is 7.05 Å². The third kappa shape index (κ3) is 4.52. The topological polar surface area (TPSA) is 52.8 Å². The minimum absolute atomic E-state index is 0.184. The molecule has 4 aromatic rings. The highest BCUT2D eigenvalue weighted by Gasteiger charge is 2.17. The molecule has 0 aliphatic carbocycles. The maximum atomic E-state index is 5.98. The Kier molecular flexibility index (Phi) is 5.97. The zero-order chi connectivity index (χ0) is 20.2. The van der Waals surface area contributed by atoms with E-state index in [1.807, 2.05) is 48.9 Å². The van der Waals surface area contributed by atoms with Crippen molar-refractivity contribution in [3.8, 4) is 16.3 Å². The van der Waals surface area contributed by atoms with Gasteiger partial charge in [-0.3, -0.25) is 0 Å². The van der Waals surface area contributed by atoms with E-state index < -0.39 is 0 Å². The first-order valence-electron chi connectivity index (χ1n) is 9.36. The Labute approximate surface area is 178 Å². The number of rotatable bonds is 7. The summed E-state index contributed by atoms with van der Waals surface area (Å²) in [5.74, 6) is 2.38. The summed E-state index contributed by atoms with van der Waals surface area (Å²) in [4.78, 5) is 4.80. The Bertz CT molecular complexity index is 1090. The predicted octanol–water partition coefficient (Wildman–Crippen LogP) is 5.68. The van der Waals surface area contributed by atoms with Crippen molar-refractivity contribution in [3.05, 3.63) is 77.1 Å². The maximum Gasteiger partial charge on any atom is 0.191 e. The van der Waals surface area contributed by atoms with Crippen LogP contribution in [0.1, 0.15) is 30.1 Å². The molecule has 0 saturated carbocycles. The van der Waals surface area contributed by atoms with Crippen molar-refractivity contribution in [2.75, 3.05) is 0 Å². The van der Waals surface area contributed by atoms with E-state index in [1.54, 1.807) is 23.1 Å². The number of hydrogen-bond acceptors (Lipinski definition) is 6. The highest BCUT2D eigenvalue weighted by Crippen LogP contribution is 2.30. The van der Waals surface area contributed by atoms with Gasteiger partial charge in [-0.05, 0) is 31.5 Å². The number of ether oxygens (including phenoxy) is 1. The van der Waals surface area contributed by atoms with Crippen LogP contribution in [0.5, 0.6) is 5.75 Å². The van der Waals surface area contributed by atoms with Gasteiger partial charge in [-0.25, -0.2) is 4.98 Å². The van der Waals surface area contributed by atoms with Crippen LogP contribution in [0.4, 0.5) is 0 Å². The summed E-state index contributed by atoms with van der Waals surface area (Å²) in [5.41, 5.74) is 3.49. The van der Waals surface area contributed by atoms with Crippen molar-refractivity contribution in [3.63, 3.8) is 0 Å². The highest BCUT2D eigenvalue weighted by atomic mass is 32.2. The van der Waals surface area contributed by atoms with E-state index >= 15 is 0 Å². The summed E-state index contributed by atoms with van der Waals surface area (Å²) >= 11 is 3.32. The van der Waals surface area contributed by atoms with Crippen molar-refractivity contribution in [1.29, 1.82) is 0 Å². The average Bonchev–Trinajstić information content (AvgIpc) is 3.34. The van der Waals surface area contributed by atoms with Crippen LogP contribution in [0.3, 0.4) is 0 Å². The summed E-state index contributed by atoms with van der Waals surface area (Å²) in [6, 6.07) is 18.1. The molecule has 2 heterocycles. The lowest BCUT2D eigenvalue weighted by Crippen LogP contribution is -2.10. The van der Waals surface area contributed by atoms with Crippen LogP contribution in [0.2, 0.25) is 0 Å². The first-order chi connectivity index (χ1) is 14.1. The molecule has 29 heavy (non-hydrogen) atoms. The van der Waals surface area contributed by atoms with Crippen molar-refractivity contribution < 1.29 is 4.74 Å². The summed E-state index contributed by atoms with van der Waals surface area (Å²) in [5, 5.41) is 12.7. The molecule has 0 fully saturated rings. The number of hydrogen-bond donors (Lipinski definition) is 0. The smallest absolute Gasteiger partial charge is 0.191 e. The molecule has 5 nitrogen and oxygen atoms in total. The second-order valence-corrected chi connectivity index (χ2v) is 8.52. The molecule has 7 heteroatoms. The second kappa shape index (κ2) is 8.80. The van der Waals surface area contributed by atoms with Crippen molar-refractivity contribution in [2.45, 2.75) is 30.9 Å². The van der Waals surface area contributed by atoms with E-state index in [9.17, 15) is 0 Å². The van der Waals surface area contributed by atoms with Crippen LogP contribution < -0.4 is 4.74 Å². The summed E-state index contributed by atoms with van der Waals surface area (Å²) in [6.07, 6.45) is -0.184. The van der Waals surface area contributed by atoms with Crippen LogP contribution >= 0.6 is 23.1 Å². The van der Waals surface area contributed by atoms with Gasteiger partial charge in [0.25, 0.3) is 0 Å². The van der Waals surface area contributed by atoms with E-state index in [4.69, 9.17) is 9.72 Å². The van der Waals surface area contributed by atoms with E-state index in [1.165, 1.54) is 11.1 Å². The normalized spacial score (nSPS) is 12.1. The number of thiazole rings is 1. The molecule has 4 rings (SSSR count). The van der Waals surface area contributed by atoms with Gasteiger partial charge in [0.05, 0.1) is 5.69 Å². The van der Waals surface area contributed by atoms with Crippen LogP contribution in [-0.4, -0.2) is 19.7 Å². The zero-order valence-electron chi connectivity index (χ0n) is 16.6. The number of aromatic nitrogens is 4. The third-order valence-electron chi connectivity index (χ3n) is 4.56. The lowest BCUT2D eigenvalue weighted by Gasteiger charge is -2.14. The van der Waals surface area contributed by atoms with Crippen LogP contribution in [0, 0.1) is 6.92 Å². The summed E-state index contributed by atoms with van der Waals surface area (Å²) in [7, 11) is 1.97. The standard InChI is InChI=1S/C22H22N4OS2/c1-15-9-7-8-12-19(15)21-23-17(13-28-21)14-29-22-25-24-20(26(22)3)16(2)27-18-10-5-4-6-11-18/h4-13,16H,14H2,1-3H3. The molecule has 0 saturated heterocycles. The van der Waals surface area contributed by atoms with Crippen molar-refractivity contribution in [1.82, 2.24) is 19.7 Å². The van der Waals surface area contributed by atoms with Gasteiger partial charge in [-0.15, -0.1) is 21.5 Å². The number of para-hydroxylation sites is 1. The molecule has 0 spiro atoms. The van der Waals surface area contributed by atoms with Gasteiger partial charge < -0.3 is 9.30 Å². The molecule has 0 N–H and O–H groups in total. The van der Waals surface area contributed by atoms with Gasteiger partial charge in [0.1, 0.15) is 10.8 Å². The van der Waals surface area contributed by atoms with Gasteiger partial charge in [-0.1, -0.05) is 54.2 Å². The number of benzene rings is 2. The fourth-order valence-electron chi connectivity index (χ4n) is 3.01. The molecule has 2 aromatic carbocycles. The molecular formula is C22H22N4OS2. The predicted molar refractivity (Wildman–Crippen MR) is 118 cm³/mol. The Morgan fingerprint density at radius 3 is 2.62 bits per heavy atom. The molecule has 2 aromatic heterocycles. The Balaban J connectivity index is 1.42. The van der Waals surface area contributed by atoms with Gasteiger partial charge in [0.2, 0.25) is 0 Å². The Morgan fingerprint density at radius 1 is 1.07 bits per heavy atom. The molecule has 0 aliphatic rings. The summed E-state index contributed by atoms with van der Waals surface area (Å²) in [6.45, 7) is 4.10. The van der Waals surface area contributed by atoms with Crippen molar-refractivity contribution >= 4 is 23.1 Å². The van der Waals surface area contributed by atoms with Gasteiger partial charge in [0, 0.05) is 23.7 Å². The Morgan fingerprint density at radius 2 is 1.83 bits per heavy atom. The molecular weight excluding hydrogens is 400 g/mol. The fourth-order valence-corrected chi connectivity index (χ4v) is 4.84. The molecule has 1 unspecified atom stereocenters. The minimum Gasteiger partial charge on any atom is -0.483 e. The zero-order valence-corrected chi connectivity index (χ0v) is 18.2. The third-order valence-corrected chi connectivity index (χ3v) is 6.54. The largest absolute Gasteiger partial charge is 0.483 e. The first kappa shape index (κ1) is 19.7. The summed E-state index contributed by atoms with van der Waals surface area (Å²) < 4.78 is 7.97. The van der Waals surface area contributed by atoms with E-state index in [0.29, 0.717) is 0 Å². The number of aryl methyl sites for hydroxylation is 1. The first-order valence-corrected chi connectivity index (χ1v) is 11.2. The van der Waals surface area contributed by atoms with Gasteiger partial charge >= 0.3 is 0 Å². The molecule has 0 amide bonds. The van der Waals surface area contributed by atoms with Gasteiger partial charge in [0.15, 0.2) is 17.1 Å². The van der Waals surface area contributed by atoms with E-state index in [2.05, 4.69) is 46.8 Å². The average molecular weight is 423 g/mol. The number of nitrogens with zero attached hydrogens (tertiary/aromatic N) is 4.